The molecule has 0 aliphatic heterocycles. The number of amides is 2. The molecular weight excluding hydrogens is 376 g/mol. The molecule has 0 bridgehead atoms. The van der Waals surface area contributed by atoms with Gasteiger partial charge in [-0.25, -0.2) is 4.79 Å². The Morgan fingerprint density at radius 3 is 2.26 bits per heavy atom. The van der Waals surface area contributed by atoms with Crippen LogP contribution < -0.4 is 27.8 Å². The van der Waals surface area contributed by atoms with Crippen molar-refractivity contribution in [2.75, 3.05) is 18.6 Å². The fourth-order valence-corrected chi connectivity index (χ4v) is 2.54. The predicted octanol–water partition coefficient (Wildman–Crippen LogP) is -2.44. The van der Waals surface area contributed by atoms with Crippen molar-refractivity contribution in [3.63, 3.8) is 0 Å². The number of carbonyl (C=O) groups is 3. The fourth-order valence-electron chi connectivity index (χ4n) is 2.07. The number of nitrogens with zero attached hydrogens (tertiary/aromatic N) is 1. The number of carboxylic acid groups (broad SMARTS) is 1. The van der Waals surface area contributed by atoms with Crippen molar-refractivity contribution in [1.82, 2.24) is 10.6 Å². The number of nitrogens with two attached hydrogens (primary N) is 3. The summed E-state index contributed by atoms with van der Waals surface area (Å²) in [5.74, 6) is -2.15. The first-order chi connectivity index (χ1) is 12.6. The third kappa shape index (κ3) is 10.6. The van der Waals surface area contributed by atoms with Crippen LogP contribution >= 0.6 is 11.8 Å². The lowest BCUT2D eigenvalue weighted by Gasteiger charge is -2.24. The van der Waals surface area contributed by atoms with Crippen LogP contribution in [0.25, 0.3) is 0 Å². The lowest BCUT2D eigenvalue weighted by Crippen LogP contribution is -2.58. The fraction of sp³-hybridized carbons (Fsp3) is 0.733. The van der Waals surface area contributed by atoms with E-state index in [1.807, 2.05) is 6.26 Å². The SMILES string of the molecule is CSCCC(NC(=O)C(NC(=O)C(N)CCCN=C(N)N)C(C)O)C(=O)O. The maximum absolute atomic E-state index is 12.3. The Balaban J connectivity index is 4.76. The molecule has 0 saturated heterocycles. The van der Waals surface area contributed by atoms with Gasteiger partial charge in [0.1, 0.15) is 12.1 Å². The van der Waals surface area contributed by atoms with Crippen LogP contribution in [-0.4, -0.2) is 76.7 Å². The van der Waals surface area contributed by atoms with E-state index in [9.17, 15) is 24.6 Å². The summed E-state index contributed by atoms with van der Waals surface area (Å²) in [7, 11) is 0. The smallest absolute Gasteiger partial charge is 0.326 e. The van der Waals surface area contributed by atoms with E-state index in [1.165, 1.54) is 18.7 Å². The number of aliphatic imine (C=N–C) groups is 1. The van der Waals surface area contributed by atoms with E-state index in [0.717, 1.165) is 0 Å². The zero-order valence-electron chi connectivity index (χ0n) is 15.6. The maximum Gasteiger partial charge on any atom is 0.326 e. The van der Waals surface area contributed by atoms with E-state index in [1.54, 1.807) is 0 Å². The predicted molar refractivity (Wildman–Crippen MR) is 104 cm³/mol. The van der Waals surface area contributed by atoms with Crippen molar-refractivity contribution in [2.45, 2.75) is 50.4 Å². The molecule has 0 rings (SSSR count). The standard InChI is InChI=1S/C15H30N6O5S/c1-8(22)11(13(24)20-10(14(25)26)5-7-27-2)21-12(23)9(16)4-3-6-19-15(17)18/h8-11,22H,3-7,16H2,1-2H3,(H,20,24)(H,21,23)(H,25,26)(H4,17,18,19). The van der Waals surface area contributed by atoms with Gasteiger partial charge >= 0.3 is 5.97 Å². The Morgan fingerprint density at radius 2 is 1.78 bits per heavy atom. The van der Waals surface area contributed by atoms with Crippen LogP contribution in [0.3, 0.4) is 0 Å². The normalized spacial score (nSPS) is 15.1. The van der Waals surface area contributed by atoms with Gasteiger partial charge in [0.25, 0.3) is 0 Å². The molecule has 0 aliphatic carbocycles. The van der Waals surface area contributed by atoms with Gasteiger partial charge in [0.2, 0.25) is 11.8 Å². The monoisotopic (exact) mass is 406 g/mol. The molecule has 11 nitrogen and oxygen atoms in total. The van der Waals surface area contributed by atoms with Crippen molar-refractivity contribution in [3.8, 4) is 0 Å². The molecule has 156 valence electrons. The van der Waals surface area contributed by atoms with Crippen LogP contribution in [0, 0.1) is 0 Å². The molecule has 0 radical (unpaired) electrons. The topological polar surface area (TPSA) is 206 Å². The Hall–Kier alpha value is -2.05. The quantitative estimate of drug-likeness (QED) is 0.0983. The summed E-state index contributed by atoms with van der Waals surface area (Å²) in [6, 6.07) is -3.37. The molecule has 0 aromatic rings. The van der Waals surface area contributed by atoms with Crippen LogP contribution in [0.1, 0.15) is 26.2 Å². The van der Waals surface area contributed by atoms with Crippen molar-refractivity contribution < 1.29 is 24.6 Å². The molecule has 4 unspecified atom stereocenters. The van der Waals surface area contributed by atoms with Crippen LogP contribution in [0.2, 0.25) is 0 Å². The van der Waals surface area contributed by atoms with Crippen molar-refractivity contribution in [2.24, 2.45) is 22.2 Å². The highest BCUT2D eigenvalue weighted by atomic mass is 32.2. The number of aliphatic hydroxyl groups excluding tert-OH is 1. The third-order valence-electron chi connectivity index (χ3n) is 3.59. The summed E-state index contributed by atoms with van der Waals surface area (Å²) in [6.45, 7) is 1.62. The molecule has 0 fully saturated rings. The molecule has 2 amide bonds. The molecule has 0 aromatic heterocycles. The number of rotatable bonds is 13. The van der Waals surface area contributed by atoms with Crippen LogP contribution in [0.5, 0.6) is 0 Å². The minimum absolute atomic E-state index is 0.0617. The van der Waals surface area contributed by atoms with Gasteiger partial charge in [-0.2, -0.15) is 11.8 Å². The largest absolute Gasteiger partial charge is 0.480 e. The van der Waals surface area contributed by atoms with Gasteiger partial charge in [-0.15, -0.1) is 0 Å². The second-order valence-corrected chi connectivity index (χ2v) is 6.95. The molecule has 0 spiro atoms. The van der Waals surface area contributed by atoms with E-state index in [2.05, 4.69) is 15.6 Å². The first kappa shape index (κ1) is 24.9. The molecule has 0 heterocycles. The Labute approximate surface area is 162 Å². The summed E-state index contributed by atoms with van der Waals surface area (Å²) in [6.07, 6.45) is 1.51. The second-order valence-electron chi connectivity index (χ2n) is 5.96. The van der Waals surface area contributed by atoms with Gasteiger partial charge in [-0.3, -0.25) is 14.6 Å². The molecule has 12 heteroatoms. The van der Waals surface area contributed by atoms with Gasteiger partial charge in [-0.05, 0) is 38.2 Å². The van der Waals surface area contributed by atoms with Gasteiger partial charge < -0.3 is 38.0 Å². The van der Waals surface area contributed by atoms with Gasteiger partial charge in [0.15, 0.2) is 5.96 Å². The number of guanidine groups is 1. The number of nitrogens with one attached hydrogen (secondary N) is 2. The third-order valence-corrected chi connectivity index (χ3v) is 4.24. The average Bonchev–Trinajstić information content (AvgIpc) is 2.58. The first-order valence-corrected chi connectivity index (χ1v) is 9.81. The Kier molecular flexibility index (Phi) is 12.2. The minimum atomic E-state index is -1.32. The number of thioether (sulfide) groups is 1. The molecule has 4 atom stereocenters. The molecule has 0 aromatic carbocycles. The van der Waals surface area contributed by atoms with E-state index in [4.69, 9.17) is 17.2 Å². The van der Waals surface area contributed by atoms with Gasteiger partial charge in [0.05, 0.1) is 12.1 Å². The highest BCUT2D eigenvalue weighted by Gasteiger charge is 2.30. The summed E-state index contributed by atoms with van der Waals surface area (Å²) in [5, 5.41) is 23.7. The van der Waals surface area contributed by atoms with Gasteiger partial charge in [0, 0.05) is 6.54 Å². The van der Waals surface area contributed by atoms with E-state index in [0.29, 0.717) is 18.7 Å². The van der Waals surface area contributed by atoms with Crippen molar-refractivity contribution in [3.05, 3.63) is 0 Å². The van der Waals surface area contributed by atoms with Crippen molar-refractivity contribution in [1.29, 1.82) is 0 Å². The summed E-state index contributed by atoms with van der Waals surface area (Å²) in [5.41, 5.74) is 16.2. The lowest BCUT2D eigenvalue weighted by atomic mass is 10.1. The van der Waals surface area contributed by atoms with Gasteiger partial charge in [-0.1, -0.05) is 0 Å². The first-order valence-electron chi connectivity index (χ1n) is 8.41. The Bertz CT molecular complexity index is 527. The summed E-state index contributed by atoms with van der Waals surface area (Å²) < 4.78 is 0. The lowest BCUT2D eigenvalue weighted by molar-refractivity contribution is -0.143. The zero-order chi connectivity index (χ0) is 21.0. The zero-order valence-corrected chi connectivity index (χ0v) is 16.4. The van der Waals surface area contributed by atoms with E-state index < -0.39 is 42.0 Å². The number of hydrogen-bond donors (Lipinski definition) is 7. The van der Waals surface area contributed by atoms with Crippen molar-refractivity contribution >= 4 is 35.5 Å². The molecular formula is C15H30N6O5S. The molecule has 10 N–H and O–H groups in total. The van der Waals surface area contributed by atoms with Crippen LogP contribution in [0.15, 0.2) is 4.99 Å². The highest BCUT2D eigenvalue weighted by Crippen LogP contribution is 2.04. The highest BCUT2D eigenvalue weighted by molar-refractivity contribution is 7.98. The maximum atomic E-state index is 12.3. The number of carboxylic acids is 1. The molecule has 0 aliphatic rings. The second kappa shape index (κ2) is 13.2. The minimum Gasteiger partial charge on any atom is -0.480 e. The van der Waals surface area contributed by atoms with Crippen LogP contribution in [-0.2, 0) is 14.4 Å². The summed E-state index contributed by atoms with van der Waals surface area (Å²) in [4.78, 5) is 39.5. The van der Waals surface area contributed by atoms with Crippen LogP contribution in [0.4, 0.5) is 0 Å². The number of aliphatic carboxylic acids is 1. The van der Waals surface area contributed by atoms with E-state index in [-0.39, 0.29) is 18.8 Å². The number of aliphatic hydroxyl groups is 1. The number of carbonyl (C=O) groups excluding carboxylic acids is 2. The number of hydrogen-bond acceptors (Lipinski definition) is 7. The average molecular weight is 407 g/mol. The summed E-state index contributed by atoms with van der Waals surface area (Å²) >= 11 is 1.44. The van der Waals surface area contributed by atoms with E-state index >= 15 is 0 Å². The molecule has 27 heavy (non-hydrogen) atoms. The Morgan fingerprint density at radius 1 is 1.15 bits per heavy atom. The molecule has 0 saturated carbocycles.